The summed E-state index contributed by atoms with van der Waals surface area (Å²) in [6.07, 6.45) is 8.05. The van der Waals surface area contributed by atoms with Gasteiger partial charge in [-0.05, 0) is 42.4 Å². The van der Waals surface area contributed by atoms with Gasteiger partial charge in [0.25, 0.3) is 0 Å². The average Bonchev–Trinajstić information content (AvgIpc) is 2.40. The lowest BCUT2D eigenvalue weighted by molar-refractivity contribution is 0.199. The van der Waals surface area contributed by atoms with Crippen LogP contribution in [0.3, 0.4) is 0 Å². The van der Waals surface area contributed by atoms with Gasteiger partial charge in [-0.3, -0.25) is 0 Å². The van der Waals surface area contributed by atoms with Gasteiger partial charge in [-0.15, -0.1) is 0 Å². The molecular weight excluding hydrogens is 254 g/mol. The van der Waals surface area contributed by atoms with Gasteiger partial charge in [-0.1, -0.05) is 56.8 Å². The summed E-state index contributed by atoms with van der Waals surface area (Å²) in [4.78, 5) is 0. The first kappa shape index (κ1) is 14.9. The van der Waals surface area contributed by atoms with Gasteiger partial charge in [0, 0.05) is 17.6 Å². The predicted octanol–water partition coefficient (Wildman–Crippen LogP) is 5.35. The Morgan fingerprint density at radius 3 is 2.63 bits per heavy atom. The van der Waals surface area contributed by atoms with Crippen molar-refractivity contribution >= 4 is 11.6 Å². The van der Waals surface area contributed by atoms with E-state index in [4.69, 9.17) is 11.6 Å². The van der Waals surface area contributed by atoms with E-state index in [1.54, 1.807) is 0 Å². The molecule has 0 saturated heterocycles. The molecule has 1 nitrogen and oxygen atoms in total. The van der Waals surface area contributed by atoms with Crippen molar-refractivity contribution in [2.24, 2.45) is 5.41 Å². The lowest BCUT2D eigenvalue weighted by atomic mass is 9.75. The first-order valence-electron chi connectivity index (χ1n) is 7.62. The Hall–Kier alpha value is -0.530. The van der Waals surface area contributed by atoms with Crippen LogP contribution in [-0.2, 0) is 0 Å². The van der Waals surface area contributed by atoms with Crippen molar-refractivity contribution in [2.75, 3.05) is 6.54 Å². The summed E-state index contributed by atoms with van der Waals surface area (Å²) in [6, 6.07) is 8.68. The van der Waals surface area contributed by atoms with E-state index in [1.807, 2.05) is 12.1 Å². The van der Waals surface area contributed by atoms with Crippen LogP contribution in [0, 0.1) is 5.41 Å². The van der Waals surface area contributed by atoms with E-state index in [9.17, 15) is 0 Å². The summed E-state index contributed by atoms with van der Waals surface area (Å²) >= 11 is 6.09. The highest BCUT2D eigenvalue weighted by atomic mass is 35.5. The molecule has 1 aromatic rings. The fraction of sp³-hybridized carbons (Fsp3) is 0.647. The second-order valence-corrected chi connectivity index (χ2v) is 6.70. The van der Waals surface area contributed by atoms with Crippen LogP contribution < -0.4 is 5.32 Å². The van der Waals surface area contributed by atoms with Crippen molar-refractivity contribution in [3.8, 4) is 0 Å². The topological polar surface area (TPSA) is 12.0 Å². The summed E-state index contributed by atoms with van der Waals surface area (Å²) in [5, 5.41) is 4.60. The Morgan fingerprint density at radius 1 is 1.26 bits per heavy atom. The van der Waals surface area contributed by atoms with Crippen LogP contribution in [0.25, 0.3) is 0 Å². The third-order valence-electron chi connectivity index (χ3n) is 4.50. The molecule has 0 aliphatic heterocycles. The van der Waals surface area contributed by atoms with E-state index in [0.717, 1.165) is 18.0 Å². The molecule has 0 spiro atoms. The minimum absolute atomic E-state index is 0.428. The smallest absolute Gasteiger partial charge is 0.0409 e. The molecule has 1 aliphatic rings. The van der Waals surface area contributed by atoms with E-state index < -0.39 is 0 Å². The first-order valence-corrected chi connectivity index (χ1v) is 8.00. The first-order chi connectivity index (χ1) is 9.13. The molecule has 1 atom stereocenters. The maximum absolute atomic E-state index is 6.09. The van der Waals surface area contributed by atoms with Gasteiger partial charge < -0.3 is 5.32 Å². The second kappa shape index (κ2) is 6.76. The van der Waals surface area contributed by atoms with Crippen molar-refractivity contribution in [1.82, 2.24) is 5.32 Å². The molecule has 1 unspecified atom stereocenters. The average molecular weight is 280 g/mol. The molecule has 2 heteroatoms. The summed E-state index contributed by atoms with van der Waals surface area (Å²) in [5.74, 6) is 0. The number of benzene rings is 1. The predicted molar refractivity (Wildman–Crippen MR) is 83.7 cm³/mol. The Bertz CT molecular complexity index is 396. The second-order valence-electron chi connectivity index (χ2n) is 6.27. The number of hydrogen-bond acceptors (Lipinski definition) is 1. The fourth-order valence-corrected chi connectivity index (χ4v) is 3.37. The van der Waals surface area contributed by atoms with Crippen LogP contribution in [0.5, 0.6) is 0 Å². The number of nitrogens with one attached hydrogen (secondary N) is 1. The van der Waals surface area contributed by atoms with Crippen molar-refractivity contribution < 1.29 is 0 Å². The Balaban J connectivity index is 1.95. The summed E-state index contributed by atoms with van der Waals surface area (Å²) in [7, 11) is 0. The lowest BCUT2D eigenvalue weighted by Gasteiger charge is -2.35. The highest BCUT2D eigenvalue weighted by Gasteiger charge is 2.27. The fourth-order valence-electron chi connectivity index (χ4n) is 3.17. The molecule has 106 valence electrons. The Labute approximate surface area is 122 Å². The van der Waals surface area contributed by atoms with Crippen LogP contribution in [0.15, 0.2) is 24.3 Å². The number of halogens is 1. The molecule has 0 amide bonds. The molecule has 0 heterocycles. The molecule has 0 radical (unpaired) electrons. The zero-order valence-electron chi connectivity index (χ0n) is 12.2. The minimum Gasteiger partial charge on any atom is -0.309 e. The van der Waals surface area contributed by atoms with Crippen molar-refractivity contribution in [2.45, 2.75) is 58.4 Å². The van der Waals surface area contributed by atoms with Crippen molar-refractivity contribution in [1.29, 1.82) is 0 Å². The van der Waals surface area contributed by atoms with E-state index in [-0.39, 0.29) is 0 Å². The molecule has 0 bridgehead atoms. The molecule has 1 fully saturated rings. The summed E-state index contributed by atoms with van der Waals surface area (Å²) in [5.41, 5.74) is 1.80. The SMILES string of the molecule is CCC(NCC1(C)CCCCC1)c1cccc(Cl)c1. The molecule has 1 N–H and O–H groups in total. The molecule has 1 saturated carbocycles. The van der Waals surface area contributed by atoms with Crippen molar-refractivity contribution in [3.05, 3.63) is 34.9 Å². The standard InChI is InChI=1S/C17H26ClN/c1-3-16(14-8-7-9-15(18)12-14)19-13-17(2)10-5-4-6-11-17/h7-9,12,16,19H,3-6,10-11,13H2,1-2H3. The monoisotopic (exact) mass is 279 g/mol. The van der Waals surface area contributed by atoms with Crippen LogP contribution in [0.1, 0.15) is 64.0 Å². The van der Waals surface area contributed by atoms with Gasteiger partial charge in [-0.2, -0.15) is 0 Å². The normalized spacial score (nSPS) is 20.2. The highest BCUT2D eigenvalue weighted by molar-refractivity contribution is 6.30. The molecule has 19 heavy (non-hydrogen) atoms. The third-order valence-corrected chi connectivity index (χ3v) is 4.73. The van der Waals surface area contributed by atoms with Gasteiger partial charge in [0.2, 0.25) is 0 Å². The summed E-state index contributed by atoms with van der Waals surface area (Å²) in [6.45, 7) is 5.80. The molecule has 1 aromatic carbocycles. The molecular formula is C17H26ClN. The van der Waals surface area contributed by atoms with Crippen molar-refractivity contribution in [3.63, 3.8) is 0 Å². The third kappa shape index (κ3) is 4.22. The number of hydrogen-bond donors (Lipinski definition) is 1. The van der Waals surface area contributed by atoms with Gasteiger partial charge in [0.15, 0.2) is 0 Å². The van der Waals surface area contributed by atoms with E-state index in [2.05, 4.69) is 31.3 Å². The van der Waals surface area contributed by atoms with Crippen LogP contribution in [0.2, 0.25) is 5.02 Å². The maximum Gasteiger partial charge on any atom is 0.0409 e. The van der Waals surface area contributed by atoms with Gasteiger partial charge in [0.1, 0.15) is 0 Å². The minimum atomic E-state index is 0.428. The molecule has 0 aromatic heterocycles. The van der Waals surface area contributed by atoms with E-state index in [0.29, 0.717) is 11.5 Å². The molecule has 1 aliphatic carbocycles. The Kier molecular flexibility index (Phi) is 5.29. The van der Waals surface area contributed by atoms with Crippen LogP contribution in [0.4, 0.5) is 0 Å². The van der Waals surface area contributed by atoms with Gasteiger partial charge in [0.05, 0.1) is 0 Å². The van der Waals surface area contributed by atoms with Gasteiger partial charge >= 0.3 is 0 Å². The van der Waals surface area contributed by atoms with E-state index in [1.165, 1.54) is 37.7 Å². The Morgan fingerprint density at radius 2 is 2.00 bits per heavy atom. The van der Waals surface area contributed by atoms with Crippen LogP contribution >= 0.6 is 11.6 Å². The molecule has 2 rings (SSSR count). The number of rotatable bonds is 5. The largest absolute Gasteiger partial charge is 0.309 e. The quantitative estimate of drug-likeness (QED) is 0.766. The zero-order chi connectivity index (χ0) is 13.7. The van der Waals surface area contributed by atoms with E-state index >= 15 is 0 Å². The highest BCUT2D eigenvalue weighted by Crippen LogP contribution is 2.35. The maximum atomic E-state index is 6.09. The van der Waals surface area contributed by atoms with Gasteiger partial charge in [-0.25, -0.2) is 0 Å². The van der Waals surface area contributed by atoms with Crippen LogP contribution in [-0.4, -0.2) is 6.54 Å². The summed E-state index contributed by atoms with van der Waals surface area (Å²) < 4.78 is 0. The zero-order valence-corrected chi connectivity index (χ0v) is 13.0. The lowest BCUT2D eigenvalue weighted by Crippen LogP contribution is -2.35.